The van der Waals surface area contributed by atoms with E-state index in [1.807, 2.05) is 27.2 Å². The molecule has 0 fully saturated rings. The van der Waals surface area contributed by atoms with E-state index in [-0.39, 0.29) is 19.1 Å². The van der Waals surface area contributed by atoms with Gasteiger partial charge in [0.05, 0.1) is 39.9 Å². The number of likely N-dealkylation sites (N-methyl/N-ethyl adjacent to an activating group) is 1. The molecule has 9 heteroatoms. The number of rotatable bonds is 60. The molecule has 474 valence electrons. The smallest absolute Gasteiger partial charge is 0.387 e. The number of unbranched alkanes of at least 4 members (excludes halogenated alkanes) is 25. The second kappa shape index (κ2) is 62.9. The molecule has 3 N–H and O–H groups in total. The van der Waals surface area contributed by atoms with Gasteiger partial charge in [0, 0.05) is 6.42 Å². The Morgan fingerprint density at radius 2 is 0.735 bits per heavy atom. The topological polar surface area (TPSA) is 105 Å². The van der Waals surface area contributed by atoms with Crippen LogP contribution in [0.3, 0.4) is 0 Å². The van der Waals surface area contributed by atoms with Crippen LogP contribution in [0.15, 0.2) is 146 Å². The maximum absolute atomic E-state index is 13.0. The summed E-state index contributed by atoms with van der Waals surface area (Å²) in [5.74, 6) is -0.196. The maximum Gasteiger partial charge on any atom is 0.472 e. The maximum atomic E-state index is 13.0. The normalized spacial score (nSPS) is 14.6. The predicted octanol–water partition coefficient (Wildman–Crippen LogP) is 21.6. The lowest BCUT2D eigenvalue weighted by molar-refractivity contribution is -0.870. The zero-order valence-electron chi connectivity index (χ0n) is 54.1. The fourth-order valence-electron chi connectivity index (χ4n) is 9.07. The van der Waals surface area contributed by atoms with Gasteiger partial charge in [0.1, 0.15) is 13.2 Å². The summed E-state index contributed by atoms with van der Waals surface area (Å²) in [6.07, 6.45) is 97.0. The molecule has 83 heavy (non-hydrogen) atoms. The molecule has 8 nitrogen and oxygen atoms in total. The highest BCUT2D eigenvalue weighted by Crippen LogP contribution is 2.43. The van der Waals surface area contributed by atoms with Crippen LogP contribution >= 0.6 is 7.82 Å². The predicted molar refractivity (Wildman–Crippen MR) is 364 cm³/mol. The molecule has 0 radical (unpaired) electrons. The molecule has 0 aliphatic rings. The third kappa shape index (κ3) is 65.8. The number of nitrogens with zero attached hydrogens (tertiary/aromatic N) is 1. The van der Waals surface area contributed by atoms with Gasteiger partial charge in [0.25, 0.3) is 0 Å². The highest BCUT2D eigenvalue weighted by Gasteiger charge is 2.27. The Balaban J connectivity index is 4.12. The van der Waals surface area contributed by atoms with E-state index in [2.05, 4.69) is 153 Å². The van der Waals surface area contributed by atoms with Gasteiger partial charge in [-0.1, -0.05) is 288 Å². The summed E-state index contributed by atoms with van der Waals surface area (Å²) in [7, 11) is 1.53. The van der Waals surface area contributed by atoms with Crippen LogP contribution in [0.2, 0.25) is 0 Å². The van der Waals surface area contributed by atoms with E-state index >= 15 is 0 Å². The standard InChI is InChI=1S/C74H127N2O6P/c1-6-8-10-12-14-16-18-20-22-24-26-28-29-30-31-32-33-34-35-36-37-38-39-40-41-42-43-44-45-46-47-48-50-52-54-56-58-60-62-64-66-68-74(78)75-72(71-82-83(79,80)81-70-69-76(3,4)5)73(77)67-65-63-61-59-57-55-53-51-49-27-25-23-21-19-17-15-13-11-9-7-2/h8,10,14,16,20,22,26,28,30-31,33-34,36-37,39-40,42-43,49,51,57,59,65,67,72-73,77H,6-7,9,11-13,15,17-19,21,23-25,27,29,32,35,38,41,44-48,50,52-56,58,60-64,66,68-71H2,1-5H3,(H-,75,78,79,80)/p+1/b10-8-,16-14-,22-20-,28-26-,31-30-,34-33-,37-36-,40-39-,43-42-,51-49+,59-57+,67-65+. The van der Waals surface area contributed by atoms with Crippen LogP contribution < -0.4 is 5.32 Å². The fourth-order valence-corrected chi connectivity index (χ4v) is 9.80. The average molecular weight is 1170 g/mol. The molecule has 0 aromatic rings. The summed E-state index contributed by atoms with van der Waals surface area (Å²) in [6, 6.07) is -0.880. The van der Waals surface area contributed by atoms with Crippen LogP contribution in [0.1, 0.15) is 264 Å². The molecule has 1 amide bonds. The van der Waals surface area contributed by atoms with Crippen molar-refractivity contribution in [3.63, 3.8) is 0 Å². The Hall–Kier alpha value is -3.62. The minimum absolute atomic E-state index is 0.0475. The van der Waals surface area contributed by atoms with Crippen molar-refractivity contribution in [3.05, 3.63) is 146 Å². The number of phosphoric acid groups is 1. The third-order valence-electron chi connectivity index (χ3n) is 14.3. The molecule has 0 saturated carbocycles. The Bertz CT molecular complexity index is 1860. The molecule has 0 spiro atoms. The van der Waals surface area contributed by atoms with Crippen molar-refractivity contribution >= 4 is 13.7 Å². The van der Waals surface area contributed by atoms with Crippen molar-refractivity contribution < 1.29 is 32.9 Å². The molecule has 0 aromatic carbocycles. The lowest BCUT2D eigenvalue weighted by atomic mass is 10.0. The van der Waals surface area contributed by atoms with E-state index in [0.29, 0.717) is 17.4 Å². The van der Waals surface area contributed by atoms with Gasteiger partial charge in [0.15, 0.2) is 0 Å². The van der Waals surface area contributed by atoms with Crippen LogP contribution in [0.5, 0.6) is 0 Å². The van der Waals surface area contributed by atoms with Gasteiger partial charge in [-0.15, -0.1) is 0 Å². The van der Waals surface area contributed by atoms with Crippen molar-refractivity contribution in [2.45, 2.75) is 276 Å². The van der Waals surface area contributed by atoms with Crippen molar-refractivity contribution in [1.82, 2.24) is 5.32 Å². The molecule has 0 aliphatic carbocycles. The Labute approximate surface area is 512 Å². The monoisotopic (exact) mass is 1170 g/mol. The second-order valence-electron chi connectivity index (χ2n) is 23.4. The summed E-state index contributed by atoms with van der Waals surface area (Å²) in [4.78, 5) is 23.4. The number of nitrogens with one attached hydrogen (secondary N) is 1. The second-order valence-corrected chi connectivity index (χ2v) is 24.9. The first kappa shape index (κ1) is 79.4. The fraction of sp³-hybridized carbons (Fsp3) is 0.662. The zero-order valence-corrected chi connectivity index (χ0v) is 55.0. The highest BCUT2D eigenvalue weighted by atomic mass is 31.2. The van der Waals surface area contributed by atoms with Crippen molar-refractivity contribution in [1.29, 1.82) is 0 Å². The summed E-state index contributed by atoms with van der Waals surface area (Å²) in [5, 5.41) is 13.9. The van der Waals surface area contributed by atoms with Gasteiger partial charge in [-0.05, 0) is 116 Å². The molecule has 0 rings (SSSR count). The molecule has 0 saturated heterocycles. The molecule has 3 unspecified atom stereocenters. The van der Waals surface area contributed by atoms with E-state index in [9.17, 15) is 19.4 Å². The number of phosphoric ester groups is 1. The number of hydrogen-bond donors (Lipinski definition) is 3. The van der Waals surface area contributed by atoms with Gasteiger partial charge in [-0.3, -0.25) is 13.8 Å². The van der Waals surface area contributed by atoms with Crippen molar-refractivity contribution in [2.24, 2.45) is 0 Å². The van der Waals surface area contributed by atoms with E-state index in [1.54, 1.807) is 6.08 Å². The van der Waals surface area contributed by atoms with Crippen molar-refractivity contribution in [2.75, 3.05) is 40.9 Å². The number of carbonyl (C=O) groups is 1. The quantitative estimate of drug-likeness (QED) is 0.0243. The van der Waals surface area contributed by atoms with Gasteiger partial charge in [-0.25, -0.2) is 4.57 Å². The zero-order chi connectivity index (χ0) is 60.5. The number of amides is 1. The summed E-state index contributed by atoms with van der Waals surface area (Å²) in [6.45, 7) is 4.67. The van der Waals surface area contributed by atoms with Gasteiger partial charge in [0.2, 0.25) is 5.91 Å². The molecular weight excluding hydrogens is 1040 g/mol. The Morgan fingerprint density at radius 1 is 0.422 bits per heavy atom. The Kier molecular flexibility index (Phi) is 60.2. The third-order valence-corrected chi connectivity index (χ3v) is 15.3. The number of quaternary nitrogens is 1. The van der Waals surface area contributed by atoms with Crippen molar-refractivity contribution in [3.8, 4) is 0 Å². The average Bonchev–Trinajstić information content (AvgIpc) is 3.49. The number of carbonyl (C=O) groups excluding carboxylic acids is 1. The summed E-state index contributed by atoms with van der Waals surface area (Å²) >= 11 is 0. The first-order valence-corrected chi connectivity index (χ1v) is 35.2. The Morgan fingerprint density at radius 3 is 1.11 bits per heavy atom. The lowest BCUT2D eigenvalue weighted by Crippen LogP contribution is -2.45. The molecule has 0 heterocycles. The van der Waals surface area contributed by atoms with E-state index in [0.717, 1.165) is 103 Å². The van der Waals surface area contributed by atoms with Crippen LogP contribution in [0, 0.1) is 0 Å². The lowest BCUT2D eigenvalue weighted by Gasteiger charge is -2.25. The minimum Gasteiger partial charge on any atom is -0.387 e. The summed E-state index contributed by atoms with van der Waals surface area (Å²) in [5.41, 5.74) is 0. The van der Waals surface area contributed by atoms with Crippen LogP contribution in [0.25, 0.3) is 0 Å². The molecular formula is C74H128N2O6P+. The van der Waals surface area contributed by atoms with E-state index in [4.69, 9.17) is 9.05 Å². The van der Waals surface area contributed by atoms with E-state index in [1.165, 1.54) is 141 Å². The number of allylic oxidation sites excluding steroid dienone is 23. The number of aliphatic hydroxyl groups is 1. The largest absolute Gasteiger partial charge is 0.472 e. The SMILES string of the molecule is CC/C=C\C/C=C\C/C=C\C/C=C\C/C=C\C/C=C\C/C=C\C/C=C\C/C=C\CCCCCCCCCCCCCCCC(=O)NC(COP(=O)(O)OCC[N+](C)(C)C)C(O)/C=C/CC/C=C/CC/C=C/CCCCCCCCCCCC. The van der Waals surface area contributed by atoms with Crippen LogP contribution in [0.4, 0.5) is 0 Å². The molecule has 3 atom stereocenters. The first-order chi connectivity index (χ1) is 40.5. The van der Waals surface area contributed by atoms with E-state index < -0.39 is 20.0 Å². The van der Waals surface area contributed by atoms with Gasteiger partial charge in [-0.2, -0.15) is 0 Å². The molecule has 0 bridgehead atoms. The molecule has 0 aromatic heterocycles. The number of hydrogen-bond acceptors (Lipinski definition) is 5. The van der Waals surface area contributed by atoms with Crippen LogP contribution in [-0.4, -0.2) is 73.4 Å². The summed E-state index contributed by atoms with van der Waals surface area (Å²) < 4.78 is 23.7. The van der Waals surface area contributed by atoms with Gasteiger partial charge < -0.3 is 19.8 Å². The van der Waals surface area contributed by atoms with Crippen LogP contribution in [-0.2, 0) is 18.4 Å². The highest BCUT2D eigenvalue weighted by molar-refractivity contribution is 7.47. The van der Waals surface area contributed by atoms with Gasteiger partial charge >= 0.3 is 7.82 Å². The minimum atomic E-state index is -4.37. The number of aliphatic hydroxyl groups excluding tert-OH is 1. The first-order valence-electron chi connectivity index (χ1n) is 33.7. The molecule has 0 aliphatic heterocycles.